The highest BCUT2D eigenvalue weighted by atomic mass is 19.1. The first-order valence-electron chi connectivity index (χ1n) is 10.2. The van der Waals surface area contributed by atoms with E-state index in [-0.39, 0.29) is 11.6 Å². The summed E-state index contributed by atoms with van der Waals surface area (Å²) in [5, 5.41) is 9.54. The second-order valence-electron chi connectivity index (χ2n) is 6.67. The van der Waals surface area contributed by atoms with Gasteiger partial charge >= 0.3 is 5.97 Å². The van der Waals surface area contributed by atoms with Gasteiger partial charge in [0.1, 0.15) is 0 Å². The van der Waals surface area contributed by atoms with E-state index in [2.05, 4.69) is 13.8 Å². The third kappa shape index (κ3) is 6.66. The highest BCUT2D eigenvalue weighted by Gasteiger charge is 2.21. The monoisotopic (exact) mass is 388 g/mol. The minimum absolute atomic E-state index is 0.247. The van der Waals surface area contributed by atoms with Crippen molar-refractivity contribution in [1.29, 1.82) is 0 Å². The summed E-state index contributed by atoms with van der Waals surface area (Å²) in [7, 11) is 0. The molecule has 3 nitrogen and oxygen atoms in total. The summed E-state index contributed by atoms with van der Waals surface area (Å²) in [5.74, 6) is -1.15. The van der Waals surface area contributed by atoms with E-state index >= 15 is 0 Å². The lowest BCUT2D eigenvalue weighted by Crippen LogP contribution is -2.16. The van der Waals surface area contributed by atoms with Crippen molar-refractivity contribution in [3.05, 3.63) is 59.5 Å². The maximum absolute atomic E-state index is 14.2. The zero-order valence-electron chi connectivity index (χ0n) is 17.7. The number of allylic oxidation sites excluding steroid dienone is 4. The first kappa shape index (κ1) is 23.7. The minimum atomic E-state index is -0.834. The molecular weight excluding hydrogens is 355 g/mol. The molecule has 1 N–H and O–H groups in total. The molecule has 0 aliphatic heterocycles. The maximum Gasteiger partial charge on any atom is 0.314 e. The highest BCUT2D eigenvalue weighted by molar-refractivity contribution is 5.77. The van der Waals surface area contributed by atoms with E-state index in [0.29, 0.717) is 18.9 Å². The molecule has 1 aromatic carbocycles. The average molecular weight is 389 g/mol. The number of carboxylic acid groups (broad SMARTS) is 1. The molecule has 0 fully saturated rings. The number of benzene rings is 1. The third-order valence-electron chi connectivity index (χ3n) is 4.73. The maximum atomic E-state index is 14.2. The van der Waals surface area contributed by atoms with Crippen LogP contribution in [0.3, 0.4) is 0 Å². The molecule has 2 unspecified atom stereocenters. The molecule has 0 aromatic heterocycles. The standard InChI is InChI=1S/C22H27FO3.C2H6/c1-4-15(3)13-18-10-9-16(7-6-8-19(18)22(24)25)17-11-12-21(26-5-2)20(23)14-17;1-2/h6-8,10-12,14-15,19H,4-5,9,13H2,1-3H3,(H,24,25);1-2H3/b8-6?,16-7+,18-10-;. The van der Waals surface area contributed by atoms with E-state index in [0.717, 1.165) is 29.6 Å². The summed E-state index contributed by atoms with van der Waals surface area (Å²) >= 11 is 0. The molecule has 0 amide bonds. The van der Waals surface area contributed by atoms with Gasteiger partial charge in [-0.25, -0.2) is 4.39 Å². The molecule has 0 spiro atoms. The van der Waals surface area contributed by atoms with Crippen molar-refractivity contribution >= 4 is 11.5 Å². The molecule has 0 radical (unpaired) electrons. The lowest BCUT2D eigenvalue weighted by molar-refractivity contribution is -0.139. The van der Waals surface area contributed by atoms with E-state index < -0.39 is 11.9 Å². The van der Waals surface area contributed by atoms with Crippen molar-refractivity contribution in [2.75, 3.05) is 6.61 Å². The fourth-order valence-electron chi connectivity index (χ4n) is 3.03. The van der Waals surface area contributed by atoms with Gasteiger partial charge in [0.2, 0.25) is 0 Å². The van der Waals surface area contributed by atoms with Crippen LogP contribution in [0.1, 0.15) is 59.4 Å². The Kier molecular flexibility index (Phi) is 10.3. The number of aliphatic carboxylic acids is 1. The van der Waals surface area contributed by atoms with Gasteiger partial charge in [0, 0.05) is 0 Å². The molecular formula is C24H33FO3. The van der Waals surface area contributed by atoms with Crippen molar-refractivity contribution in [1.82, 2.24) is 0 Å². The SMILES string of the molecule is CC.CCOc1ccc(/C2=C/C=CC(C(=O)O)/C(CC(C)CC)=C\C2)cc1F. The molecule has 0 saturated heterocycles. The molecule has 0 saturated carbocycles. The Hall–Kier alpha value is -2.36. The summed E-state index contributed by atoms with van der Waals surface area (Å²) in [6.07, 6.45) is 9.67. The van der Waals surface area contributed by atoms with Crippen molar-refractivity contribution in [2.45, 2.75) is 53.9 Å². The molecule has 0 heterocycles. The van der Waals surface area contributed by atoms with Crippen LogP contribution in [0, 0.1) is 17.7 Å². The smallest absolute Gasteiger partial charge is 0.314 e. The van der Waals surface area contributed by atoms with Crippen LogP contribution in [-0.4, -0.2) is 17.7 Å². The van der Waals surface area contributed by atoms with E-state index in [4.69, 9.17) is 4.74 Å². The van der Waals surface area contributed by atoms with Crippen LogP contribution in [0.25, 0.3) is 5.57 Å². The van der Waals surface area contributed by atoms with Crippen molar-refractivity contribution in [3.63, 3.8) is 0 Å². The van der Waals surface area contributed by atoms with Crippen molar-refractivity contribution in [3.8, 4) is 5.75 Å². The highest BCUT2D eigenvalue weighted by Crippen LogP contribution is 2.30. The van der Waals surface area contributed by atoms with Gasteiger partial charge in [0.15, 0.2) is 11.6 Å². The van der Waals surface area contributed by atoms with Gasteiger partial charge in [0.05, 0.1) is 12.5 Å². The van der Waals surface area contributed by atoms with Crippen molar-refractivity contribution in [2.24, 2.45) is 11.8 Å². The Balaban J connectivity index is 0.00000190. The van der Waals surface area contributed by atoms with Crippen molar-refractivity contribution < 1.29 is 19.0 Å². The Labute approximate surface area is 168 Å². The van der Waals surface area contributed by atoms with Crippen LogP contribution in [0.4, 0.5) is 4.39 Å². The van der Waals surface area contributed by atoms with Gasteiger partial charge in [-0.3, -0.25) is 4.79 Å². The zero-order chi connectivity index (χ0) is 21.1. The predicted octanol–water partition coefficient (Wildman–Crippen LogP) is 6.66. The summed E-state index contributed by atoms with van der Waals surface area (Å²) in [4.78, 5) is 11.6. The summed E-state index contributed by atoms with van der Waals surface area (Å²) in [6, 6.07) is 4.96. The van der Waals surface area contributed by atoms with Crippen LogP contribution < -0.4 is 4.74 Å². The third-order valence-corrected chi connectivity index (χ3v) is 4.73. The molecule has 0 bridgehead atoms. The van der Waals surface area contributed by atoms with Crippen LogP contribution in [0.2, 0.25) is 0 Å². The van der Waals surface area contributed by atoms with Crippen LogP contribution >= 0.6 is 0 Å². The Morgan fingerprint density at radius 2 is 2.04 bits per heavy atom. The number of ether oxygens (including phenoxy) is 1. The molecule has 1 aliphatic rings. The summed E-state index contributed by atoms with van der Waals surface area (Å²) < 4.78 is 19.4. The van der Waals surface area contributed by atoms with E-state index in [9.17, 15) is 14.3 Å². The Morgan fingerprint density at radius 3 is 2.61 bits per heavy atom. The molecule has 2 atom stereocenters. The van der Waals surface area contributed by atoms with Gasteiger partial charge in [-0.15, -0.1) is 0 Å². The molecule has 28 heavy (non-hydrogen) atoms. The lowest BCUT2D eigenvalue weighted by Gasteiger charge is -2.19. The van der Waals surface area contributed by atoms with Gasteiger partial charge in [-0.2, -0.15) is 0 Å². The second-order valence-corrected chi connectivity index (χ2v) is 6.67. The molecule has 154 valence electrons. The van der Waals surface area contributed by atoms with Gasteiger partial charge in [-0.1, -0.05) is 70.1 Å². The number of halogens is 1. The number of hydrogen-bond acceptors (Lipinski definition) is 2. The number of carbonyl (C=O) groups is 1. The van der Waals surface area contributed by atoms with E-state index in [1.807, 2.05) is 39.0 Å². The lowest BCUT2D eigenvalue weighted by atomic mass is 9.86. The largest absolute Gasteiger partial charge is 0.491 e. The van der Waals surface area contributed by atoms with Crippen LogP contribution in [-0.2, 0) is 4.79 Å². The van der Waals surface area contributed by atoms with Gasteiger partial charge < -0.3 is 9.84 Å². The quantitative estimate of drug-likeness (QED) is 0.531. The first-order chi connectivity index (χ1) is 13.5. The van der Waals surface area contributed by atoms with Crippen LogP contribution in [0.5, 0.6) is 5.75 Å². The average Bonchev–Trinajstić information content (AvgIpc) is 2.67. The molecule has 1 aliphatic carbocycles. The van der Waals surface area contributed by atoms with Gasteiger partial charge in [0.25, 0.3) is 0 Å². The van der Waals surface area contributed by atoms with Crippen LogP contribution in [0.15, 0.2) is 48.1 Å². The normalized spacial score (nSPS) is 21.0. The number of carboxylic acids is 1. The number of hydrogen-bond donors (Lipinski definition) is 1. The predicted molar refractivity (Wildman–Crippen MR) is 114 cm³/mol. The summed E-state index contributed by atoms with van der Waals surface area (Å²) in [6.45, 7) is 10.5. The molecule has 4 heteroatoms. The van der Waals surface area contributed by atoms with E-state index in [1.54, 1.807) is 18.2 Å². The number of rotatable bonds is 7. The summed E-state index contributed by atoms with van der Waals surface area (Å²) in [5.41, 5.74) is 2.65. The topological polar surface area (TPSA) is 46.5 Å². The Morgan fingerprint density at radius 1 is 1.32 bits per heavy atom. The Bertz CT molecular complexity index is 731. The zero-order valence-corrected chi connectivity index (χ0v) is 17.7. The van der Waals surface area contributed by atoms with Gasteiger partial charge in [-0.05, 0) is 49.0 Å². The fraction of sp³-hybridized carbons (Fsp3) is 0.458. The molecule has 1 aromatic rings. The second kappa shape index (κ2) is 12.2. The molecule has 2 rings (SSSR count). The first-order valence-corrected chi connectivity index (χ1v) is 10.2. The fourth-order valence-corrected chi connectivity index (χ4v) is 3.03. The van der Waals surface area contributed by atoms with E-state index in [1.165, 1.54) is 6.07 Å². The minimum Gasteiger partial charge on any atom is -0.491 e.